The van der Waals surface area contributed by atoms with E-state index in [0.717, 1.165) is 24.2 Å². The number of carboxylic acid groups (broad SMARTS) is 1. The lowest BCUT2D eigenvalue weighted by molar-refractivity contribution is -0.138. The molecule has 2 unspecified atom stereocenters. The van der Waals surface area contributed by atoms with Crippen molar-refractivity contribution in [2.24, 2.45) is 23.5 Å². The van der Waals surface area contributed by atoms with Crippen LogP contribution in [0.25, 0.3) is 0 Å². The van der Waals surface area contributed by atoms with Crippen LogP contribution in [0.15, 0.2) is 0 Å². The number of aliphatic carboxylic acids is 1. The second kappa shape index (κ2) is 7.33. The van der Waals surface area contributed by atoms with E-state index in [9.17, 15) is 14.7 Å². The molecule has 0 aromatic rings. The summed E-state index contributed by atoms with van der Waals surface area (Å²) in [5, 5.41) is 21.2. The number of hydrogen-bond donors (Lipinski definition) is 4. The fraction of sp³-hybridized carbons (Fsp3) is 0.867. The third-order valence-electron chi connectivity index (χ3n) is 4.64. The van der Waals surface area contributed by atoms with Crippen LogP contribution in [0.3, 0.4) is 0 Å². The van der Waals surface area contributed by atoms with Gasteiger partial charge in [0.15, 0.2) is 0 Å². The van der Waals surface area contributed by atoms with Crippen molar-refractivity contribution in [2.75, 3.05) is 0 Å². The van der Waals surface area contributed by atoms with Crippen molar-refractivity contribution in [2.45, 2.75) is 63.3 Å². The lowest BCUT2D eigenvalue weighted by Gasteiger charge is -2.24. The first-order valence-electron chi connectivity index (χ1n) is 7.88. The number of nitrogens with two attached hydrogens (primary N) is 1. The molecule has 0 saturated heterocycles. The number of hydrogen-bond acceptors (Lipinski definition) is 5. The molecule has 0 spiro atoms. The fourth-order valence-electron chi connectivity index (χ4n) is 3.13. The van der Waals surface area contributed by atoms with Gasteiger partial charge in [0.1, 0.15) is 12.5 Å². The SMILES string of the molecule is NC(CCC(C1CC1)C1CC1)C(O)N[C@H](C=O)CC(=O)O. The molecule has 0 aromatic carbocycles. The summed E-state index contributed by atoms with van der Waals surface area (Å²) < 4.78 is 0. The molecule has 0 aliphatic heterocycles. The van der Waals surface area contributed by atoms with E-state index in [2.05, 4.69) is 5.32 Å². The van der Waals surface area contributed by atoms with Crippen LogP contribution in [0.5, 0.6) is 0 Å². The highest BCUT2D eigenvalue weighted by atomic mass is 16.4. The molecule has 5 N–H and O–H groups in total. The van der Waals surface area contributed by atoms with E-state index in [1.165, 1.54) is 25.7 Å². The molecule has 2 rings (SSSR count). The molecular weight excluding hydrogens is 272 g/mol. The molecule has 0 amide bonds. The number of aldehydes is 1. The molecule has 2 fully saturated rings. The number of aliphatic hydroxyl groups excluding tert-OH is 1. The Morgan fingerprint density at radius 1 is 1.24 bits per heavy atom. The minimum Gasteiger partial charge on any atom is -0.481 e. The molecule has 2 aliphatic carbocycles. The molecule has 2 aliphatic rings. The average molecular weight is 298 g/mol. The van der Waals surface area contributed by atoms with Crippen LogP contribution in [-0.4, -0.2) is 40.8 Å². The zero-order valence-corrected chi connectivity index (χ0v) is 12.3. The summed E-state index contributed by atoms with van der Waals surface area (Å²) in [5.41, 5.74) is 5.96. The van der Waals surface area contributed by atoms with Crippen LogP contribution in [0, 0.1) is 17.8 Å². The quantitative estimate of drug-likeness (QED) is 0.326. The topological polar surface area (TPSA) is 113 Å². The molecule has 6 heteroatoms. The van der Waals surface area contributed by atoms with Crippen LogP contribution in [0.1, 0.15) is 44.9 Å². The lowest BCUT2D eigenvalue weighted by atomic mass is 9.90. The zero-order valence-electron chi connectivity index (χ0n) is 12.3. The molecule has 2 saturated carbocycles. The fourth-order valence-corrected chi connectivity index (χ4v) is 3.13. The van der Waals surface area contributed by atoms with Crippen LogP contribution in [0.2, 0.25) is 0 Å². The Morgan fingerprint density at radius 3 is 2.24 bits per heavy atom. The van der Waals surface area contributed by atoms with Crippen molar-refractivity contribution in [3.8, 4) is 0 Å². The molecule has 0 heterocycles. The Balaban J connectivity index is 1.71. The molecular formula is C15H26N2O4. The molecule has 3 atom stereocenters. The highest BCUT2D eigenvalue weighted by Crippen LogP contribution is 2.51. The molecule has 120 valence electrons. The van der Waals surface area contributed by atoms with E-state index in [1.54, 1.807) is 0 Å². The van der Waals surface area contributed by atoms with E-state index in [0.29, 0.717) is 12.7 Å². The summed E-state index contributed by atoms with van der Waals surface area (Å²) >= 11 is 0. The minimum atomic E-state index is -1.08. The third kappa shape index (κ3) is 5.37. The normalized spacial score (nSPS) is 22.8. The number of nitrogens with one attached hydrogen (secondary N) is 1. The highest BCUT2D eigenvalue weighted by Gasteiger charge is 2.41. The van der Waals surface area contributed by atoms with Crippen LogP contribution < -0.4 is 11.1 Å². The second-order valence-electron chi connectivity index (χ2n) is 6.53. The molecule has 0 radical (unpaired) electrons. The molecule has 0 bridgehead atoms. The van der Waals surface area contributed by atoms with Crippen molar-refractivity contribution in [3.63, 3.8) is 0 Å². The average Bonchev–Trinajstić information content (AvgIpc) is 3.29. The van der Waals surface area contributed by atoms with Gasteiger partial charge < -0.3 is 20.7 Å². The number of aliphatic hydroxyl groups is 1. The van der Waals surface area contributed by atoms with Crippen molar-refractivity contribution < 1.29 is 19.8 Å². The third-order valence-corrected chi connectivity index (χ3v) is 4.64. The smallest absolute Gasteiger partial charge is 0.305 e. The number of carbonyl (C=O) groups is 2. The summed E-state index contributed by atoms with van der Waals surface area (Å²) in [6.45, 7) is 0. The maximum absolute atomic E-state index is 10.8. The Labute approximate surface area is 125 Å². The van der Waals surface area contributed by atoms with E-state index in [4.69, 9.17) is 10.8 Å². The predicted molar refractivity (Wildman–Crippen MR) is 77.4 cm³/mol. The Hall–Kier alpha value is -0.980. The highest BCUT2D eigenvalue weighted by molar-refractivity contribution is 5.73. The summed E-state index contributed by atoms with van der Waals surface area (Å²) in [7, 11) is 0. The summed E-state index contributed by atoms with van der Waals surface area (Å²) in [6, 6.07) is -1.37. The largest absolute Gasteiger partial charge is 0.481 e. The second-order valence-corrected chi connectivity index (χ2v) is 6.53. The first kappa shape index (κ1) is 16.4. The van der Waals surface area contributed by atoms with Gasteiger partial charge in [-0.3, -0.25) is 10.1 Å². The van der Waals surface area contributed by atoms with Gasteiger partial charge in [-0.15, -0.1) is 0 Å². The summed E-state index contributed by atoms with van der Waals surface area (Å²) in [4.78, 5) is 21.4. The standard InChI is InChI=1S/C15H26N2O4/c16-13(15(21)17-11(8-18)7-14(19)20)6-5-12(9-1-2-9)10-3-4-10/h8-13,15,17,21H,1-7,16H2,(H,19,20)/t11-,13?,15?/m0/s1. The first-order chi connectivity index (χ1) is 10.0. The zero-order chi connectivity index (χ0) is 15.4. The van der Waals surface area contributed by atoms with Gasteiger partial charge >= 0.3 is 5.97 Å². The van der Waals surface area contributed by atoms with Crippen molar-refractivity contribution in [1.29, 1.82) is 0 Å². The maximum atomic E-state index is 10.8. The van der Waals surface area contributed by atoms with Gasteiger partial charge in [0.05, 0.1) is 12.5 Å². The van der Waals surface area contributed by atoms with Gasteiger partial charge in [-0.05, 0) is 56.3 Å². The monoisotopic (exact) mass is 298 g/mol. The van der Waals surface area contributed by atoms with Gasteiger partial charge in [-0.25, -0.2) is 0 Å². The molecule has 0 aromatic heterocycles. The van der Waals surface area contributed by atoms with Crippen LogP contribution in [0.4, 0.5) is 0 Å². The van der Waals surface area contributed by atoms with Gasteiger partial charge in [0.25, 0.3) is 0 Å². The van der Waals surface area contributed by atoms with Gasteiger partial charge in [-0.1, -0.05) is 0 Å². The molecule has 21 heavy (non-hydrogen) atoms. The van der Waals surface area contributed by atoms with Gasteiger partial charge in [-0.2, -0.15) is 0 Å². The van der Waals surface area contributed by atoms with Crippen LogP contribution >= 0.6 is 0 Å². The number of carbonyl (C=O) groups excluding carboxylic acids is 1. The first-order valence-corrected chi connectivity index (χ1v) is 7.88. The van der Waals surface area contributed by atoms with E-state index in [1.807, 2.05) is 0 Å². The van der Waals surface area contributed by atoms with Crippen molar-refractivity contribution in [1.82, 2.24) is 5.32 Å². The van der Waals surface area contributed by atoms with E-state index < -0.39 is 24.3 Å². The number of rotatable bonds is 11. The van der Waals surface area contributed by atoms with E-state index in [-0.39, 0.29) is 6.42 Å². The predicted octanol–water partition coefficient (Wildman–Crippen LogP) is 0.480. The van der Waals surface area contributed by atoms with Crippen molar-refractivity contribution in [3.05, 3.63) is 0 Å². The van der Waals surface area contributed by atoms with Crippen molar-refractivity contribution >= 4 is 12.3 Å². The Kier molecular flexibility index (Phi) is 5.72. The summed E-state index contributed by atoms with van der Waals surface area (Å²) in [5.74, 6) is 1.36. The minimum absolute atomic E-state index is 0.347. The summed E-state index contributed by atoms with van der Waals surface area (Å²) in [6.07, 6.45) is 6.11. The Bertz CT molecular complexity index is 357. The number of carboxylic acids is 1. The van der Waals surface area contributed by atoms with Gasteiger partial charge in [0.2, 0.25) is 0 Å². The lowest BCUT2D eigenvalue weighted by Crippen LogP contribution is -2.50. The van der Waals surface area contributed by atoms with E-state index >= 15 is 0 Å². The maximum Gasteiger partial charge on any atom is 0.305 e. The molecule has 6 nitrogen and oxygen atoms in total. The van der Waals surface area contributed by atoms with Gasteiger partial charge in [0, 0.05) is 6.04 Å². The van der Waals surface area contributed by atoms with Crippen LogP contribution in [-0.2, 0) is 9.59 Å². The Morgan fingerprint density at radius 2 is 1.81 bits per heavy atom.